The van der Waals surface area contributed by atoms with Crippen molar-refractivity contribution in [1.29, 1.82) is 0 Å². The maximum absolute atomic E-state index is 13.6. The number of aryl methyl sites for hydroxylation is 3. The van der Waals surface area contributed by atoms with Crippen molar-refractivity contribution in [1.82, 2.24) is 0 Å². The maximum Gasteiger partial charge on any atom is 0.541 e. The Bertz CT molecular complexity index is 955. The van der Waals surface area contributed by atoms with Gasteiger partial charge in [-0.3, -0.25) is 5.09 Å². The van der Waals surface area contributed by atoms with Crippen LogP contribution in [-0.4, -0.2) is 0 Å². The standard InChI is InChI=1S/C21H21ClNO3P/c1-15-6-4-8-19(12-15)25-27(24,26-20-9-5-7-16(2)13-20)23-21-14-18(22)11-10-17(21)3/h4-14H,1-3H3,(H,23,24). The first kappa shape index (κ1) is 19.3. The van der Waals surface area contributed by atoms with Gasteiger partial charge in [-0.05, 0) is 73.9 Å². The molecule has 3 aromatic rings. The molecular formula is C21H21ClNO3P. The monoisotopic (exact) mass is 401 g/mol. The lowest BCUT2D eigenvalue weighted by Gasteiger charge is -2.22. The second-order valence-electron chi connectivity index (χ2n) is 6.38. The van der Waals surface area contributed by atoms with Crippen LogP contribution in [-0.2, 0) is 4.57 Å². The fourth-order valence-electron chi connectivity index (χ4n) is 2.55. The first-order valence-electron chi connectivity index (χ1n) is 8.50. The van der Waals surface area contributed by atoms with Crippen molar-refractivity contribution < 1.29 is 13.6 Å². The zero-order chi connectivity index (χ0) is 19.4. The number of anilines is 1. The average Bonchev–Trinajstić information content (AvgIpc) is 2.58. The summed E-state index contributed by atoms with van der Waals surface area (Å²) in [6.07, 6.45) is 0. The van der Waals surface area contributed by atoms with Gasteiger partial charge in [0.2, 0.25) is 0 Å². The van der Waals surface area contributed by atoms with Crippen LogP contribution in [0.1, 0.15) is 16.7 Å². The molecule has 140 valence electrons. The number of nitrogens with one attached hydrogen (secondary N) is 1. The maximum atomic E-state index is 13.6. The third-order valence-corrected chi connectivity index (χ3v) is 5.54. The SMILES string of the molecule is Cc1cccc(OP(=O)(Nc2cc(Cl)ccc2C)Oc2cccc(C)c2)c1. The average molecular weight is 402 g/mol. The Morgan fingerprint density at radius 1 is 0.815 bits per heavy atom. The third kappa shape index (κ3) is 5.29. The fourth-order valence-corrected chi connectivity index (χ4v) is 4.17. The molecule has 0 aliphatic rings. The van der Waals surface area contributed by atoms with Crippen molar-refractivity contribution in [3.8, 4) is 11.5 Å². The van der Waals surface area contributed by atoms with E-state index in [0.29, 0.717) is 22.2 Å². The Morgan fingerprint density at radius 3 is 1.89 bits per heavy atom. The minimum absolute atomic E-state index is 0.457. The largest absolute Gasteiger partial charge is 0.541 e. The van der Waals surface area contributed by atoms with E-state index in [1.165, 1.54) is 0 Å². The summed E-state index contributed by atoms with van der Waals surface area (Å²) < 4.78 is 25.2. The van der Waals surface area contributed by atoms with Crippen molar-refractivity contribution in [3.63, 3.8) is 0 Å². The summed E-state index contributed by atoms with van der Waals surface area (Å²) in [5, 5.41) is 3.46. The fraction of sp³-hybridized carbons (Fsp3) is 0.143. The van der Waals surface area contributed by atoms with E-state index >= 15 is 0 Å². The lowest BCUT2D eigenvalue weighted by Crippen LogP contribution is -2.10. The molecule has 0 aliphatic carbocycles. The minimum Gasteiger partial charge on any atom is -0.400 e. The van der Waals surface area contributed by atoms with Gasteiger partial charge in [0.25, 0.3) is 0 Å². The number of benzene rings is 3. The van der Waals surface area contributed by atoms with Crippen LogP contribution in [0.2, 0.25) is 5.02 Å². The Balaban J connectivity index is 1.96. The van der Waals surface area contributed by atoms with Crippen LogP contribution in [0.5, 0.6) is 11.5 Å². The van der Waals surface area contributed by atoms with E-state index in [1.807, 2.05) is 51.1 Å². The van der Waals surface area contributed by atoms with E-state index in [9.17, 15) is 4.57 Å². The van der Waals surface area contributed by atoms with Gasteiger partial charge < -0.3 is 9.05 Å². The van der Waals surface area contributed by atoms with Crippen molar-refractivity contribution in [2.45, 2.75) is 20.8 Å². The molecule has 0 heterocycles. The number of rotatable bonds is 6. The van der Waals surface area contributed by atoms with Gasteiger partial charge in [0.1, 0.15) is 11.5 Å². The first-order valence-corrected chi connectivity index (χ1v) is 10.4. The number of halogens is 1. The lowest BCUT2D eigenvalue weighted by atomic mass is 10.2. The van der Waals surface area contributed by atoms with E-state index in [0.717, 1.165) is 16.7 Å². The van der Waals surface area contributed by atoms with Crippen LogP contribution in [0.15, 0.2) is 66.7 Å². The van der Waals surface area contributed by atoms with Gasteiger partial charge in [0, 0.05) is 10.7 Å². The van der Waals surface area contributed by atoms with E-state index in [1.54, 1.807) is 36.4 Å². The van der Waals surface area contributed by atoms with Gasteiger partial charge >= 0.3 is 7.75 Å². The summed E-state index contributed by atoms with van der Waals surface area (Å²) in [5.41, 5.74) is 3.45. The molecule has 3 rings (SSSR count). The minimum atomic E-state index is -3.78. The van der Waals surface area contributed by atoms with Crippen LogP contribution in [0.3, 0.4) is 0 Å². The molecule has 0 bridgehead atoms. The summed E-state index contributed by atoms with van der Waals surface area (Å²) in [6, 6.07) is 20.0. The Labute approximate surface area is 164 Å². The molecule has 0 aliphatic heterocycles. The topological polar surface area (TPSA) is 47.6 Å². The van der Waals surface area contributed by atoms with Gasteiger partial charge in [-0.1, -0.05) is 41.9 Å². The molecule has 0 fully saturated rings. The molecule has 6 heteroatoms. The molecule has 0 radical (unpaired) electrons. The zero-order valence-corrected chi connectivity index (χ0v) is 17.1. The quantitative estimate of drug-likeness (QED) is 0.454. The highest BCUT2D eigenvalue weighted by atomic mass is 35.5. The summed E-state index contributed by atoms with van der Waals surface area (Å²) in [6.45, 7) is 5.77. The molecule has 3 aromatic carbocycles. The molecule has 27 heavy (non-hydrogen) atoms. The molecule has 0 atom stereocenters. The predicted molar refractivity (Wildman–Crippen MR) is 111 cm³/mol. The van der Waals surface area contributed by atoms with Crippen molar-refractivity contribution >= 4 is 25.0 Å². The number of hydrogen-bond donors (Lipinski definition) is 1. The highest BCUT2D eigenvalue weighted by Crippen LogP contribution is 2.49. The van der Waals surface area contributed by atoms with Gasteiger partial charge in [-0.15, -0.1) is 0 Å². The molecule has 0 saturated carbocycles. The summed E-state index contributed by atoms with van der Waals surface area (Å²) in [7, 11) is -3.78. The third-order valence-electron chi connectivity index (χ3n) is 3.89. The van der Waals surface area contributed by atoms with Crippen LogP contribution in [0, 0.1) is 20.8 Å². The molecule has 0 spiro atoms. The molecule has 1 N–H and O–H groups in total. The zero-order valence-electron chi connectivity index (χ0n) is 15.4. The van der Waals surface area contributed by atoms with E-state index in [4.69, 9.17) is 20.6 Å². The molecule has 0 amide bonds. The van der Waals surface area contributed by atoms with Gasteiger partial charge in [-0.25, -0.2) is 4.57 Å². The van der Waals surface area contributed by atoms with E-state index < -0.39 is 7.75 Å². The second-order valence-corrected chi connectivity index (χ2v) is 8.40. The summed E-state index contributed by atoms with van der Waals surface area (Å²) >= 11 is 6.10. The van der Waals surface area contributed by atoms with Crippen molar-refractivity contribution in [3.05, 3.63) is 88.4 Å². The molecular weight excluding hydrogens is 381 g/mol. The van der Waals surface area contributed by atoms with Gasteiger partial charge in [0.05, 0.1) is 0 Å². The Hall–Kier alpha value is -2.42. The predicted octanol–water partition coefficient (Wildman–Crippen LogP) is 6.94. The smallest absolute Gasteiger partial charge is 0.400 e. The number of hydrogen-bond acceptors (Lipinski definition) is 3. The Morgan fingerprint density at radius 2 is 1.37 bits per heavy atom. The molecule has 0 unspecified atom stereocenters. The molecule has 0 aromatic heterocycles. The normalized spacial score (nSPS) is 11.1. The van der Waals surface area contributed by atoms with E-state index in [-0.39, 0.29) is 0 Å². The van der Waals surface area contributed by atoms with Crippen LogP contribution in [0.4, 0.5) is 5.69 Å². The highest BCUT2D eigenvalue weighted by molar-refractivity contribution is 7.56. The Kier molecular flexibility index (Phi) is 5.79. The van der Waals surface area contributed by atoms with Crippen molar-refractivity contribution in [2.24, 2.45) is 0 Å². The van der Waals surface area contributed by atoms with Crippen LogP contribution >= 0.6 is 19.3 Å². The molecule has 0 saturated heterocycles. The lowest BCUT2D eigenvalue weighted by molar-refractivity contribution is 0.392. The second kappa shape index (κ2) is 8.08. The first-order chi connectivity index (χ1) is 12.8. The summed E-state index contributed by atoms with van der Waals surface area (Å²) in [4.78, 5) is 0. The molecule has 4 nitrogen and oxygen atoms in total. The van der Waals surface area contributed by atoms with Gasteiger partial charge in [-0.2, -0.15) is 0 Å². The highest BCUT2D eigenvalue weighted by Gasteiger charge is 2.30. The van der Waals surface area contributed by atoms with Crippen LogP contribution in [0.25, 0.3) is 0 Å². The van der Waals surface area contributed by atoms with Gasteiger partial charge in [0.15, 0.2) is 0 Å². The van der Waals surface area contributed by atoms with E-state index in [2.05, 4.69) is 5.09 Å². The van der Waals surface area contributed by atoms with Crippen molar-refractivity contribution in [2.75, 3.05) is 5.09 Å². The summed E-state index contributed by atoms with van der Waals surface area (Å²) in [5.74, 6) is 0.913. The van der Waals surface area contributed by atoms with Crippen LogP contribution < -0.4 is 14.1 Å².